The van der Waals surface area contributed by atoms with Crippen LogP contribution in [0.3, 0.4) is 0 Å². The van der Waals surface area contributed by atoms with Crippen molar-refractivity contribution in [2.24, 2.45) is 0 Å². The van der Waals surface area contributed by atoms with Crippen molar-refractivity contribution in [3.8, 4) is 0 Å². The zero-order valence-corrected chi connectivity index (χ0v) is 16.2. The molecule has 1 saturated heterocycles. The number of carboxylic acid groups (broad SMARTS) is 1. The third-order valence-electron chi connectivity index (χ3n) is 5.80. The second kappa shape index (κ2) is 7.08. The number of amides is 1. The largest absolute Gasteiger partial charge is 0.477 e. The first-order valence-electron chi connectivity index (χ1n) is 9.26. The quantitative estimate of drug-likeness (QED) is 0.798. The number of aliphatic carboxylic acids is 1. The number of fused-ring (bicyclic) bond motifs is 2. The minimum absolute atomic E-state index is 0.234. The van der Waals surface area contributed by atoms with Crippen molar-refractivity contribution in [3.63, 3.8) is 0 Å². The van der Waals surface area contributed by atoms with Crippen LogP contribution in [0, 0.1) is 0 Å². The zero-order valence-electron chi connectivity index (χ0n) is 15.4. The SMILES string of the molecule is C=C(C(=O)O)N1C(=O)C2(CCN(Cc3ccccc3)CC2)c2c(Cl)cccc21. The molecule has 28 heavy (non-hydrogen) atoms. The monoisotopic (exact) mass is 396 g/mol. The fourth-order valence-corrected chi connectivity index (χ4v) is 4.72. The van der Waals surface area contributed by atoms with Gasteiger partial charge in [0.05, 0.1) is 11.1 Å². The van der Waals surface area contributed by atoms with Crippen LogP contribution in [0.2, 0.25) is 5.02 Å². The van der Waals surface area contributed by atoms with Crippen molar-refractivity contribution in [2.75, 3.05) is 18.0 Å². The van der Waals surface area contributed by atoms with Crippen molar-refractivity contribution >= 4 is 29.2 Å². The minimum Gasteiger partial charge on any atom is -0.477 e. The van der Waals surface area contributed by atoms with Crippen LogP contribution in [0.1, 0.15) is 24.0 Å². The predicted molar refractivity (Wildman–Crippen MR) is 108 cm³/mol. The second-order valence-corrected chi connectivity index (χ2v) is 7.78. The zero-order chi connectivity index (χ0) is 19.9. The second-order valence-electron chi connectivity index (χ2n) is 7.37. The van der Waals surface area contributed by atoms with Gasteiger partial charge in [-0.3, -0.25) is 14.6 Å². The molecule has 5 nitrogen and oxygen atoms in total. The Labute approximate surface area is 168 Å². The summed E-state index contributed by atoms with van der Waals surface area (Å²) in [7, 11) is 0. The Morgan fingerprint density at radius 2 is 1.79 bits per heavy atom. The third kappa shape index (κ3) is 2.91. The number of carbonyl (C=O) groups excluding carboxylic acids is 1. The Morgan fingerprint density at radius 3 is 2.43 bits per heavy atom. The summed E-state index contributed by atoms with van der Waals surface area (Å²) in [5.74, 6) is -1.44. The Morgan fingerprint density at radius 1 is 1.11 bits per heavy atom. The molecule has 2 aliphatic heterocycles. The van der Waals surface area contributed by atoms with Gasteiger partial charge in [0.1, 0.15) is 5.70 Å². The van der Waals surface area contributed by atoms with Gasteiger partial charge in [-0.25, -0.2) is 4.79 Å². The molecule has 0 saturated carbocycles. The fraction of sp³-hybridized carbons (Fsp3) is 0.273. The number of piperidine rings is 1. The van der Waals surface area contributed by atoms with Crippen LogP contribution in [0.4, 0.5) is 5.69 Å². The molecule has 1 spiro atoms. The highest BCUT2D eigenvalue weighted by Crippen LogP contribution is 2.51. The lowest BCUT2D eigenvalue weighted by Crippen LogP contribution is -2.48. The van der Waals surface area contributed by atoms with E-state index in [0.717, 1.165) is 25.2 Å². The molecule has 0 atom stereocenters. The van der Waals surface area contributed by atoms with Crippen LogP contribution in [0.25, 0.3) is 0 Å². The molecule has 1 fully saturated rings. The Hall–Kier alpha value is -2.63. The van der Waals surface area contributed by atoms with Crippen molar-refractivity contribution in [1.82, 2.24) is 4.90 Å². The number of hydrogen-bond donors (Lipinski definition) is 1. The van der Waals surface area contributed by atoms with Gasteiger partial charge in [-0.15, -0.1) is 0 Å². The van der Waals surface area contributed by atoms with Crippen LogP contribution >= 0.6 is 11.6 Å². The molecular weight excluding hydrogens is 376 g/mol. The molecule has 0 radical (unpaired) electrons. The highest BCUT2D eigenvalue weighted by Gasteiger charge is 2.54. The van der Waals surface area contributed by atoms with E-state index in [1.54, 1.807) is 18.2 Å². The molecule has 2 aromatic carbocycles. The van der Waals surface area contributed by atoms with E-state index >= 15 is 0 Å². The van der Waals surface area contributed by atoms with E-state index in [1.165, 1.54) is 10.5 Å². The topological polar surface area (TPSA) is 60.9 Å². The van der Waals surface area contributed by atoms with E-state index in [-0.39, 0.29) is 11.6 Å². The van der Waals surface area contributed by atoms with Gasteiger partial charge in [0.25, 0.3) is 0 Å². The van der Waals surface area contributed by atoms with Crippen LogP contribution < -0.4 is 4.90 Å². The lowest BCUT2D eigenvalue weighted by molar-refractivity contribution is -0.134. The number of hydrogen-bond acceptors (Lipinski definition) is 3. The average molecular weight is 397 g/mol. The van der Waals surface area contributed by atoms with Crippen molar-refractivity contribution in [2.45, 2.75) is 24.8 Å². The van der Waals surface area contributed by atoms with Gasteiger partial charge < -0.3 is 5.11 Å². The first kappa shape index (κ1) is 18.7. The van der Waals surface area contributed by atoms with E-state index < -0.39 is 11.4 Å². The molecule has 1 amide bonds. The molecule has 0 aliphatic carbocycles. The number of carbonyl (C=O) groups is 2. The van der Waals surface area contributed by atoms with Gasteiger partial charge >= 0.3 is 5.97 Å². The van der Waals surface area contributed by atoms with E-state index in [1.807, 2.05) is 18.2 Å². The smallest absolute Gasteiger partial charge is 0.352 e. The normalized spacial score (nSPS) is 18.3. The van der Waals surface area contributed by atoms with Crippen molar-refractivity contribution in [1.29, 1.82) is 0 Å². The third-order valence-corrected chi connectivity index (χ3v) is 6.11. The Balaban J connectivity index is 1.64. The van der Waals surface area contributed by atoms with Crippen LogP contribution in [0.5, 0.6) is 0 Å². The van der Waals surface area contributed by atoms with Crippen LogP contribution in [0.15, 0.2) is 60.8 Å². The van der Waals surface area contributed by atoms with Gasteiger partial charge in [0.15, 0.2) is 0 Å². The summed E-state index contributed by atoms with van der Waals surface area (Å²) in [6.07, 6.45) is 1.19. The summed E-state index contributed by atoms with van der Waals surface area (Å²) < 4.78 is 0. The standard InChI is InChI=1S/C22H21ClN2O3/c1-15(20(26)27)25-18-9-5-8-17(23)19(18)22(21(25)28)10-12-24(13-11-22)14-16-6-3-2-4-7-16/h2-9H,1,10-14H2,(H,26,27). The summed E-state index contributed by atoms with van der Waals surface area (Å²) in [5.41, 5.74) is 1.48. The maximum atomic E-state index is 13.4. The van der Waals surface area contributed by atoms with Crippen molar-refractivity contribution in [3.05, 3.63) is 77.0 Å². The van der Waals surface area contributed by atoms with Crippen LogP contribution in [-0.2, 0) is 21.5 Å². The maximum Gasteiger partial charge on any atom is 0.352 e. The molecule has 0 aromatic heterocycles. The summed E-state index contributed by atoms with van der Waals surface area (Å²) in [6, 6.07) is 15.5. The predicted octanol–water partition coefficient (Wildman–Crippen LogP) is 3.82. The highest BCUT2D eigenvalue weighted by molar-refractivity contribution is 6.33. The lowest BCUT2D eigenvalue weighted by Gasteiger charge is -2.38. The van der Waals surface area contributed by atoms with Gasteiger partial charge in [-0.2, -0.15) is 0 Å². The summed E-state index contributed by atoms with van der Waals surface area (Å²) in [5, 5.41) is 9.92. The van der Waals surface area contributed by atoms with Gasteiger partial charge in [0.2, 0.25) is 5.91 Å². The number of anilines is 1. The Kier molecular flexibility index (Phi) is 4.73. The van der Waals surface area contributed by atoms with Gasteiger partial charge in [0, 0.05) is 17.1 Å². The number of carboxylic acids is 1. The first-order chi connectivity index (χ1) is 13.4. The summed E-state index contributed by atoms with van der Waals surface area (Å²) >= 11 is 6.50. The molecule has 1 N–H and O–H groups in total. The molecule has 2 aromatic rings. The number of likely N-dealkylation sites (tertiary alicyclic amines) is 1. The molecule has 144 valence electrons. The Bertz CT molecular complexity index is 950. The molecule has 4 rings (SSSR count). The highest BCUT2D eigenvalue weighted by atomic mass is 35.5. The molecule has 6 heteroatoms. The van der Waals surface area contributed by atoms with E-state index in [9.17, 15) is 14.7 Å². The summed E-state index contributed by atoms with van der Waals surface area (Å²) in [6.45, 7) is 5.91. The summed E-state index contributed by atoms with van der Waals surface area (Å²) in [4.78, 5) is 28.5. The van der Waals surface area contributed by atoms with E-state index in [0.29, 0.717) is 23.6 Å². The number of benzene rings is 2. The average Bonchev–Trinajstić information content (AvgIpc) is 2.93. The molecular formula is C22H21ClN2O3. The first-order valence-corrected chi connectivity index (χ1v) is 9.64. The van der Waals surface area contributed by atoms with Gasteiger partial charge in [-0.05, 0) is 43.6 Å². The maximum absolute atomic E-state index is 13.4. The molecule has 2 aliphatic rings. The van der Waals surface area contributed by atoms with Crippen LogP contribution in [-0.4, -0.2) is 35.0 Å². The fourth-order valence-electron chi connectivity index (χ4n) is 4.37. The molecule has 0 unspecified atom stereocenters. The van der Waals surface area contributed by atoms with E-state index in [4.69, 9.17) is 11.6 Å². The number of halogens is 1. The lowest BCUT2D eigenvalue weighted by atomic mass is 9.73. The van der Waals surface area contributed by atoms with Crippen molar-refractivity contribution < 1.29 is 14.7 Å². The number of nitrogens with zero attached hydrogens (tertiary/aromatic N) is 2. The number of rotatable bonds is 4. The molecule has 0 bridgehead atoms. The van der Waals surface area contributed by atoms with Gasteiger partial charge in [-0.1, -0.05) is 54.6 Å². The van der Waals surface area contributed by atoms with E-state index in [2.05, 4.69) is 23.6 Å². The molecule has 2 heterocycles. The minimum atomic E-state index is -1.21.